The van der Waals surface area contributed by atoms with Crippen molar-refractivity contribution in [1.82, 2.24) is 11.0 Å². The number of methoxy groups -OCH3 is 2. The molecule has 4 aliphatic rings. The van der Waals surface area contributed by atoms with Gasteiger partial charge in [0.15, 0.2) is 11.2 Å². The molecule has 4 N–H and O–H groups in total. The highest BCUT2D eigenvalue weighted by Crippen LogP contribution is 2.48. The van der Waals surface area contributed by atoms with Gasteiger partial charge in [0, 0.05) is 12.8 Å². The molecular weight excluding hydrogens is 660 g/mol. The summed E-state index contributed by atoms with van der Waals surface area (Å²) >= 11 is 13.7. The molecule has 2 aliphatic carbocycles. The third-order valence-electron chi connectivity index (χ3n) is 5.42. The molecule has 2 heterocycles. The number of allylic oxidation sites excluding steroid dienone is 2. The first-order valence-corrected chi connectivity index (χ1v) is 12.0. The number of halogens is 4. The van der Waals surface area contributed by atoms with Crippen LogP contribution in [0.2, 0.25) is 0 Å². The van der Waals surface area contributed by atoms with Gasteiger partial charge in [-0.3, -0.25) is 20.6 Å². The zero-order valence-electron chi connectivity index (χ0n) is 15.8. The van der Waals surface area contributed by atoms with Gasteiger partial charge < -0.3 is 19.7 Å². The molecule has 0 bridgehead atoms. The second kappa shape index (κ2) is 8.22. The predicted octanol–water partition coefficient (Wildman–Crippen LogP) is 3.34. The van der Waals surface area contributed by atoms with Gasteiger partial charge >= 0.3 is 0 Å². The summed E-state index contributed by atoms with van der Waals surface area (Å²) in [5.41, 5.74) is 5.11. The van der Waals surface area contributed by atoms with Crippen LogP contribution in [0.1, 0.15) is 12.8 Å². The summed E-state index contributed by atoms with van der Waals surface area (Å²) in [4.78, 5) is 11.9. The SMILES string of the molecule is COC1=C(Br)[C@@H](O)[C@]2(C=C1Br)CC1=C(C[C@]3(C=C(Br)C(OC)=C(Br)[C@H]3O)ON1)NO2. The molecule has 0 saturated carbocycles. The third kappa shape index (κ3) is 3.43. The summed E-state index contributed by atoms with van der Waals surface area (Å²) < 4.78 is 12.9. The Morgan fingerprint density at radius 3 is 1.53 bits per heavy atom. The zero-order chi connectivity index (χ0) is 21.8. The molecule has 12 heteroatoms. The molecule has 0 amide bonds. The van der Waals surface area contributed by atoms with E-state index in [-0.39, 0.29) is 0 Å². The zero-order valence-corrected chi connectivity index (χ0v) is 22.1. The highest BCUT2D eigenvalue weighted by molar-refractivity contribution is 9.12. The van der Waals surface area contributed by atoms with E-state index >= 15 is 0 Å². The van der Waals surface area contributed by atoms with Gasteiger partial charge in [0.25, 0.3) is 0 Å². The highest BCUT2D eigenvalue weighted by Gasteiger charge is 2.53. The Morgan fingerprint density at radius 1 is 0.833 bits per heavy atom. The maximum atomic E-state index is 10.9. The molecule has 164 valence electrons. The van der Waals surface area contributed by atoms with Gasteiger partial charge in [-0.05, 0) is 75.9 Å². The van der Waals surface area contributed by atoms with Gasteiger partial charge in [0.05, 0.1) is 43.5 Å². The first-order chi connectivity index (χ1) is 14.2. The van der Waals surface area contributed by atoms with E-state index in [1.165, 1.54) is 14.2 Å². The Hall–Kier alpha value is -0.340. The molecule has 2 spiro atoms. The normalized spacial score (nSPS) is 36.3. The van der Waals surface area contributed by atoms with E-state index < -0.39 is 23.4 Å². The Morgan fingerprint density at radius 2 is 1.20 bits per heavy atom. The van der Waals surface area contributed by atoms with Crippen molar-refractivity contribution in [3.05, 3.63) is 53.0 Å². The Labute approximate surface area is 206 Å². The van der Waals surface area contributed by atoms with Gasteiger partial charge in [0.1, 0.15) is 23.7 Å². The lowest BCUT2D eigenvalue weighted by molar-refractivity contribution is -0.169. The summed E-state index contributed by atoms with van der Waals surface area (Å²) in [6.07, 6.45) is 2.08. The van der Waals surface area contributed by atoms with E-state index in [4.69, 9.17) is 19.1 Å². The minimum Gasteiger partial charge on any atom is -0.495 e. The van der Waals surface area contributed by atoms with E-state index in [0.29, 0.717) is 53.7 Å². The van der Waals surface area contributed by atoms with Gasteiger partial charge in [-0.1, -0.05) is 0 Å². The van der Waals surface area contributed by atoms with Gasteiger partial charge in [0.2, 0.25) is 0 Å². The molecule has 2 aliphatic heterocycles. The first-order valence-electron chi connectivity index (χ1n) is 8.79. The monoisotopic (exact) mass is 674 g/mol. The number of nitrogens with one attached hydrogen (secondary N) is 2. The van der Waals surface area contributed by atoms with Crippen LogP contribution in [-0.4, -0.2) is 47.8 Å². The van der Waals surface area contributed by atoms with E-state index in [2.05, 4.69) is 74.7 Å². The molecule has 4 atom stereocenters. The number of hydrogen-bond acceptors (Lipinski definition) is 8. The summed E-state index contributed by atoms with van der Waals surface area (Å²) in [6, 6.07) is 0. The van der Waals surface area contributed by atoms with E-state index in [1.807, 2.05) is 0 Å². The van der Waals surface area contributed by atoms with Crippen LogP contribution in [0.4, 0.5) is 0 Å². The van der Waals surface area contributed by atoms with Crippen LogP contribution in [0.3, 0.4) is 0 Å². The van der Waals surface area contributed by atoms with Crippen LogP contribution in [0, 0.1) is 0 Å². The quantitative estimate of drug-likeness (QED) is 0.354. The third-order valence-corrected chi connectivity index (χ3v) is 8.19. The fourth-order valence-corrected chi connectivity index (χ4v) is 7.41. The first kappa shape index (κ1) is 22.8. The number of aliphatic hydroxyl groups excluding tert-OH is 2. The second-order valence-corrected chi connectivity index (χ2v) is 10.6. The van der Waals surface area contributed by atoms with Crippen molar-refractivity contribution in [2.75, 3.05) is 14.2 Å². The minimum absolute atomic E-state index is 0.301. The summed E-state index contributed by atoms with van der Waals surface area (Å²) in [5.74, 6) is 0.989. The molecule has 4 rings (SSSR count). The summed E-state index contributed by atoms with van der Waals surface area (Å²) in [6.45, 7) is 0. The van der Waals surface area contributed by atoms with Crippen molar-refractivity contribution >= 4 is 63.7 Å². The van der Waals surface area contributed by atoms with Gasteiger partial charge in [-0.2, -0.15) is 0 Å². The average molecular weight is 678 g/mol. The highest BCUT2D eigenvalue weighted by atomic mass is 79.9. The van der Waals surface area contributed by atoms with Crippen molar-refractivity contribution < 1.29 is 29.4 Å². The molecule has 0 aromatic rings. The van der Waals surface area contributed by atoms with Crippen LogP contribution in [-0.2, 0) is 19.1 Å². The lowest BCUT2D eigenvalue weighted by Crippen LogP contribution is -2.58. The number of hydroxylamine groups is 2. The van der Waals surface area contributed by atoms with Crippen molar-refractivity contribution in [1.29, 1.82) is 0 Å². The van der Waals surface area contributed by atoms with Crippen LogP contribution in [0.15, 0.2) is 53.0 Å². The Balaban J connectivity index is 1.63. The van der Waals surface area contributed by atoms with Crippen LogP contribution in [0.5, 0.6) is 0 Å². The molecule has 30 heavy (non-hydrogen) atoms. The van der Waals surface area contributed by atoms with Gasteiger partial charge in [-0.15, -0.1) is 0 Å². The Bertz CT molecular complexity index is 871. The van der Waals surface area contributed by atoms with E-state index in [1.54, 1.807) is 12.2 Å². The molecule has 8 nitrogen and oxygen atoms in total. The van der Waals surface area contributed by atoms with Crippen molar-refractivity contribution in [2.45, 2.75) is 36.3 Å². The molecule has 0 fully saturated rings. The van der Waals surface area contributed by atoms with E-state index in [9.17, 15) is 10.2 Å². The largest absolute Gasteiger partial charge is 0.495 e. The number of aliphatic hydroxyl groups is 2. The predicted molar refractivity (Wildman–Crippen MR) is 122 cm³/mol. The molecule has 0 aromatic carbocycles. The fourth-order valence-electron chi connectivity index (χ4n) is 3.83. The Kier molecular flexibility index (Phi) is 6.26. The molecular formula is C18H18Br4N2O6. The smallest absolute Gasteiger partial charge is 0.152 e. The second-order valence-electron chi connectivity index (χ2n) is 7.18. The van der Waals surface area contributed by atoms with Gasteiger partial charge in [-0.25, -0.2) is 0 Å². The maximum Gasteiger partial charge on any atom is 0.152 e. The molecule has 0 saturated heterocycles. The molecule has 0 unspecified atom stereocenters. The number of rotatable bonds is 2. The van der Waals surface area contributed by atoms with Crippen LogP contribution in [0.25, 0.3) is 0 Å². The minimum atomic E-state index is -1.09. The lowest BCUT2D eigenvalue weighted by Gasteiger charge is -2.47. The van der Waals surface area contributed by atoms with Crippen molar-refractivity contribution in [3.63, 3.8) is 0 Å². The number of ether oxygens (including phenoxy) is 2. The number of hydrogen-bond donors (Lipinski definition) is 4. The maximum absolute atomic E-state index is 10.9. The van der Waals surface area contributed by atoms with Crippen molar-refractivity contribution in [2.24, 2.45) is 0 Å². The standard InChI is InChI=1S/C18H18Br4N2O6/c1-27-13-7(19)3-17(15(25)11(13)21)5-9-10(23-29-17)6-18(30-24-9)4-8(20)14(28-2)12(22)16(18)26/h3-4,15-16,23-26H,5-6H2,1-2H3/t15-,16-,17+,18+/m1/s1. The molecule has 0 radical (unpaired) electrons. The van der Waals surface area contributed by atoms with Crippen LogP contribution >= 0.6 is 63.7 Å². The van der Waals surface area contributed by atoms with Crippen molar-refractivity contribution in [3.8, 4) is 0 Å². The lowest BCUT2D eigenvalue weighted by atomic mass is 9.82. The topological polar surface area (TPSA) is 101 Å². The molecule has 0 aromatic heterocycles. The fraction of sp³-hybridized carbons (Fsp3) is 0.444. The summed E-state index contributed by atoms with van der Waals surface area (Å²) in [7, 11) is 3.05. The van der Waals surface area contributed by atoms with E-state index in [0.717, 1.165) is 0 Å². The average Bonchev–Trinajstić information content (AvgIpc) is 2.71. The summed E-state index contributed by atoms with van der Waals surface area (Å²) in [5, 5.41) is 21.8. The van der Waals surface area contributed by atoms with Crippen LogP contribution < -0.4 is 11.0 Å².